The van der Waals surface area contributed by atoms with Gasteiger partial charge in [-0.05, 0) is 12.8 Å². The van der Waals surface area contributed by atoms with Gasteiger partial charge in [0.15, 0.2) is 5.96 Å². The van der Waals surface area contributed by atoms with E-state index in [-0.39, 0.29) is 5.96 Å². The molecule has 0 bridgehead atoms. The molecule has 0 spiro atoms. The van der Waals surface area contributed by atoms with Crippen LogP contribution in [0.3, 0.4) is 0 Å². The lowest BCUT2D eigenvalue weighted by Crippen LogP contribution is -2.31. The molecule has 0 aliphatic rings. The highest BCUT2D eigenvalue weighted by Crippen LogP contribution is 1.99. The Kier molecular flexibility index (Phi) is 7.39. The van der Waals surface area contributed by atoms with Crippen molar-refractivity contribution in [3.8, 4) is 0 Å². The largest absolute Gasteiger partial charge is 0.370 e. The molecule has 1 atom stereocenters. The summed E-state index contributed by atoms with van der Waals surface area (Å²) in [5, 5.41) is 3.41. The van der Waals surface area contributed by atoms with Crippen molar-refractivity contribution in [1.82, 2.24) is 5.32 Å². The fourth-order valence-corrected chi connectivity index (χ4v) is 1.25. The second-order valence-electron chi connectivity index (χ2n) is 3.15. The lowest BCUT2D eigenvalue weighted by atomic mass is 10.1. The second kappa shape index (κ2) is 7.86. The molecule has 0 aliphatic heterocycles. The number of nitrogens with two attached hydrogens (primary N) is 2. The van der Waals surface area contributed by atoms with Gasteiger partial charge in [0.25, 0.3) is 0 Å². The van der Waals surface area contributed by atoms with Crippen LogP contribution in [-0.4, -0.2) is 25.1 Å². The number of hydrogen-bond donors (Lipinski definition) is 3. The fraction of sp³-hybridized carbons (Fsp3) is 0.889. The molecule has 0 saturated heterocycles. The molecule has 1 unspecified atom stereocenters. The van der Waals surface area contributed by atoms with Gasteiger partial charge in [-0.25, -0.2) is 0 Å². The summed E-state index contributed by atoms with van der Waals surface area (Å²) in [4.78, 5) is 3.90. The number of rotatable bonds is 7. The molecule has 0 aromatic rings. The number of nitrogens with one attached hydrogen (secondary N) is 1. The van der Waals surface area contributed by atoms with E-state index >= 15 is 0 Å². The highest BCUT2D eigenvalue weighted by atomic mass is 15.0. The Morgan fingerprint density at radius 1 is 1.38 bits per heavy atom. The average Bonchev–Trinajstić information content (AvgIpc) is 2.10. The highest BCUT2D eigenvalue weighted by molar-refractivity contribution is 5.75. The summed E-state index contributed by atoms with van der Waals surface area (Å²) in [5.41, 5.74) is 10.4. The minimum Gasteiger partial charge on any atom is -0.370 e. The third kappa shape index (κ3) is 7.59. The molecule has 0 fully saturated rings. The Morgan fingerprint density at radius 2 is 2.08 bits per heavy atom. The second-order valence-corrected chi connectivity index (χ2v) is 3.15. The van der Waals surface area contributed by atoms with Gasteiger partial charge in [-0.3, -0.25) is 4.99 Å². The van der Waals surface area contributed by atoms with E-state index in [0.29, 0.717) is 12.6 Å². The molecule has 4 heteroatoms. The summed E-state index contributed by atoms with van der Waals surface area (Å²) in [7, 11) is 0. The smallest absolute Gasteiger partial charge is 0.185 e. The van der Waals surface area contributed by atoms with Crippen LogP contribution in [0.15, 0.2) is 4.99 Å². The Balaban J connectivity index is 3.43. The van der Waals surface area contributed by atoms with Crippen molar-refractivity contribution >= 4 is 5.96 Å². The van der Waals surface area contributed by atoms with Crippen LogP contribution in [0.1, 0.15) is 33.1 Å². The van der Waals surface area contributed by atoms with Gasteiger partial charge in [0.2, 0.25) is 0 Å². The van der Waals surface area contributed by atoms with Crippen molar-refractivity contribution < 1.29 is 0 Å². The van der Waals surface area contributed by atoms with Crippen LogP contribution in [0.4, 0.5) is 0 Å². The predicted molar refractivity (Wildman–Crippen MR) is 57.7 cm³/mol. The molecule has 78 valence electrons. The molecule has 4 nitrogen and oxygen atoms in total. The summed E-state index contributed by atoms with van der Waals surface area (Å²) < 4.78 is 0. The van der Waals surface area contributed by atoms with E-state index in [0.717, 1.165) is 13.0 Å². The lowest BCUT2D eigenvalue weighted by molar-refractivity contribution is 0.469. The van der Waals surface area contributed by atoms with Gasteiger partial charge in [-0.2, -0.15) is 0 Å². The van der Waals surface area contributed by atoms with Crippen LogP contribution in [0.2, 0.25) is 0 Å². The van der Waals surface area contributed by atoms with E-state index < -0.39 is 0 Å². The van der Waals surface area contributed by atoms with Crippen molar-refractivity contribution in [2.24, 2.45) is 16.5 Å². The van der Waals surface area contributed by atoms with E-state index in [1.807, 2.05) is 0 Å². The van der Waals surface area contributed by atoms with Gasteiger partial charge in [0.05, 0.1) is 6.54 Å². The topological polar surface area (TPSA) is 76.4 Å². The Morgan fingerprint density at radius 3 is 2.54 bits per heavy atom. The summed E-state index contributed by atoms with van der Waals surface area (Å²) in [5.74, 6) is 0.172. The van der Waals surface area contributed by atoms with E-state index in [9.17, 15) is 0 Å². The first kappa shape index (κ1) is 12.2. The molecule has 13 heavy (non-hydrogen) atoms. The number of hydrogen-bond acceptors (Lipinski definition) is 2. The van der Waals surface area contributed by atoms with Crippen LogP contribution < -0.4 is 16.8 Å². The SMILES string of the molecule is CCCC(CC)NCCN=C(N)N. The molecule has 0 aliphatic carbocycles. The maximum Gasteiger partial charge on any atom is 0.185 e. The molecule has 0 saturated carbocycles. The van der Waals surface area contributed by atoms with Gasteiger partial charge in [0, 0.05) is 12.6 Å². The summed E-state index contributed by atoms with van der Waals surface area (Å²) in [6.45, 7) is 5.91. The minimum absolute atomic E-state index is 0.172. The molecular weight excluding hydrogens is 164 g/mol. The summed E-state index contributed by atoms with van der Waals surface area (Å²) in [6.07, 6.45) is 3.60. The standard InChI is InChI=1S/C9H22N4/c1-3-5-8(4-2)12-6-7-13-9(10)11/h8,12H,3-7H2,1-2H3,(H4,10,11,13). The van der Waals surface area contributed by atoms with E-state index in [1.54, 1.807) is 0 Å². The third-order valence-electron chi connectivity index (χ3n) is 1.97. The van der Waals surface area contributed by atoms with Gasteiger partial charge in [-0.15, -0.1) is 0 Å². The number of aliphatic imine (C=N–C) groups is 1. The average molecular weight is 186 g/mol. The fourth-order valence-electron chi connectivity index (χ4n) is 1.25. The quantitative estimate of drug-likeness (QED) is 0.306. The molecule has 0 aromatic heterocycles. The van der Waals surface area contributed by atoms with Crippen molar-refractivity contribution in [1.29, 1.82) is 0 Å². The summed E-state index contributed by atoms with van der Waals surface area (Å²) in [6, 6.07) is 0.610. The maximum absolute atomic E-state index is 5.20. The predicted octanol–water partition coefficient (Wildman–Crippen LogP) is 0.428. The lowest BCUT2D eigenvalue weighted by Gasteiger charge is -2.14. The van der Waals surface area contributed by atoms with E-state index in [1.165, 1.54) is 12.8 Å². The highest BCUT2D eigenvalue weighted by Gasteiger charge is 2.01. The van der Waals surface area contributed by atoms with Crippen LogP contribution in [-0.2, 0) is 0 Å². The third-order valence-corrected chi connectivity index (χ3v) is 1.97. The van der Waals surface area contributed by atoms with Crippen molar-refractivity contribution in [2.45, 2.75) is 39.2 Å². The number of guanidine groups is 1. The Labute approximate surface area is 80.8 Å². The Bertz CT molecular complexity index is 141. The first-order valence-corrected chi connectivity index (χ1v) is 4.99. The van der Waals surface area contributed by atoms with Crippen LogP contribution in [0, 0.1) is 0 Å². The van der Waals surface area contributed by atoms with Gasteiger partial charge in [0.1, 0.15) is 0 Å². The molecule has 5 N–H and O–H groups in total. The zero-order chi connectivity index (χ0) is 10.1. The minimum atomic E-state index is 0.172. The van der Waals surface area contributed by atoms with Gasteiger partial charge in [-0.1, -0.05) is 20.3 Å². The first-order chi connectivity index (χ1) is 6.20. The Hall–Kier alpha value is -0.770. The van der Waals surface area contributed by atoms with Crippen molar-refractivity contribution in [3.63, 3.8) is 0 Å². The molecule has 0 radical (unpaired) electrons. The maximum atomic E-state index is 5.20. The number of nitrogens with zero attached hydrogens (tertiary/aromatic N) is 1. The normalized spacial score (nSPS) is 12.5. The molecule has 0 heterocycles. The molecule has 0 rings (SSSR count). The monoisotopic (exact) mass is 186 g/mol. The molecular formula is C9H22N4. The summed E-state index contributed by atoms with van der Waals surface area (Å²) >= 11 is 0. The van der Waals surface area contributed by atoms with E-state index in [2.05, 4.69) is 24.2 Å². The van der Waals surface area contributed by atoms with Crippen LogP contribution in [0.5, 0.6) is 0 Å². The first-order valence-electron chi connectivity index (χ1n) is 4.99. The van der Waals surface area contributed by atoms with Crippen molar-refractivity contribution in [2.75, 3.05) is 13.1 Å². The molecule has 0 aromatic carbocycles. The van der Waals surface area contributed by atoms with E-state index in [4.69, 9.17) is 11.5 Å². The van der Waals surface area contributed by atoms with Crippen molar-refractivity contribution in [3.05, 3.63) is 0 Å². The van der Waals surface area contributed by atoms with Gasteiger partial charge >= 0.3 is 0 Å². The zero-order valence-electron chi connectivity index (χ0n) is 8.71. The zero-order valence-corrected chi connectivity index (χ0v) is 8.71. The molecule has 0 amide bonds. The van der Waals surface area contributed by atoms with Gasteiger partial charge < -0.3 is 16.8 Å². The van der Waals surface area contributed by atoms with Crippen LogP contribution >= 0.6 is 0 Å². The van der Waals surface area contributed by atoms with Crippen LogP contribution in [0.25, 0.3) is 0 Å².